The highest BCUT2D eigenvalue weighted by atomic mass is 16.8. The van der Waals surface area contributed by atoms with E-state index in [1.807, 2.05) is 0 Å². The predicted molar refractivity (Wildman–Crippen MR) is 101 cm³/mol. The first-order chi connectivity index (χ1) is 16.0. The van der Waals surface area contributed by atoms with Crippen LogP contribution in [0.25, 0.3) is 0 Å². The van der Waals surface area contributed by atoms with Gasteiger partial charge in [0.15, 0.2) is 12.6 Å². The first kappa shape index (κ1) is 27.9. The average molecular weight is 504 g/mol. The molecule has 3 fully saturated rings. The molecule has 3 heterocycles. The van der Waals surface area contributed by atoms with Crippen LogP contribution in [0.4, 0.5) is 0 Å². The summed E-state index contributed by atoms with van der Waals surface area (Å²) in [6.45, 7) is -3.14. The fourth-order valence-electron chi connectivity index (χ4n) is 4.01. The van der Waals surface area contributed by atoms with Gasteiger partial charge in [-0.1, -0.05) is 0 Å². The molecule has 34 heavy (non-hydrogen) atoms. The van der Waals surface area contributed by atoms with Gasteiger partial charge in [0.05, 0.1) is 19.8 Å². The summed E-state index contributed by atoms with van der Waals surface area (Å²) in [4.78, 5) is 0. The summed E-state index contributed by atoms with van der Waals surface area (Å²) in [7, 11) is 0. The van der Waals surface area contributed by atoms with Crippen molar-refractivity contribution in [1.82, 2.24) is 0 Å². The maximum atomic E-state index is 10.3. The fourth-order valence-corrected chi connectivity index (χ4v) is 4.01. The lowest BCUT2D eigenvalue weighted by Gasteiger charge is -2.44. The van der Waals surface area contributed by atoms with Crippen molar-refractivity contribution in [3.8, 4) is 0 Å². The van der Waals surface area contributed by atoms with Crippen LogP contribution < -0.4 is 0 Å². The summed E-state index contributed by atoms with van der Waals surface area (Å²) in [6, 6.07) is 0. The lowest BCUT2D eigenvalue weighted by Crippen LogP contribution is -2.63. The molecule has 16 nitrogen and oxygen atoms in total. The molecule has 3 rings (SSSR count). The normalized spacial score (nSPS) is 52.1. The Morgan fingerprint density at radius 1 is 0.588 bits per heavy atom. The molecular weight excluding hydrogens is 472 g/mol. The largest absolute Gasteiger partial charge is 0.394 e. The Morgan fingerprint density at radius 2 is 1.12 bits per heavy atom. The van der Waals surface area contributed by atoms with Gasteiger partial charge in [0.1, 0.15) is 73.8 Å². The highest BCUT2D eigenvalue weighted by Crippen LogP contribution is 2.36. The highest BCUT2D eigenvalue weighted by Gasteiger charge is 2.58. The standard InChI is InChI=1S/C18H32O16/c19-1-5-8(22)11(25)13(27)16(31-5)30-3-7-9(23)12(26)14(28)17(32-7)34-18(4-21)15(29)10(24)6(2-20)33-18/h5-17,19-29H,1-4H2/t5-,6-,7-,8+,9-,10-,11+,12+,13-,14-,15+,16-,17+,18-/m1/s1. The van der Waals surface area contributed by atoms with E-state index in [4.69, 9.17) is 23.7 Å². The van der Waals surface area contributed by atoms with Gasteiger partial charge in [0.2, 0.25) is 5.79 Å². The lowest BCUT2D eigenvalue weighted by molar-refractivity contribution is -0.388. The first-order valence-electron chi connectivity index (χ1n) is 10.6. The van der Waals surface area contributed by atoms with Crippen molar-refractivity contribution in [2.24, 2.45) is 0 Å². The summed E-state index contributed by atoms with van der Waals surface area (Å²) < 4.78 is 26.4. The molecule has 0 aromatic carbocycles. The molecular formula is C18H32O16. The quantitative estimate of drug-likeness (QED) is 0.146. The molecule has 14 atom stereocenters. The van der Waals surface area contributed by atoms with Gasteiger partial charge in [-0.2, -0.15) is 0 Å². The summed E-state index contributed by atoms with van der Waals surface area (Å²) >= 11 is 0. The molecule has 0 aliphatic carbocycles. The third-order valence-electron chi connectivity index (χ3n) is 6.16. The van der Waals surface area contributed by atoms with Crippen molar-refractivity contribution in [1.29, 1.82) is 0 Å². The Hall–Kier alpha value is -0.640. The fraction of sp³-hybridized carbons (Fsp3) is 1.00. The van der Waals surface area contributed by atoms with Gasteiger partial charge in [-0.05, 0) is 0 Å². The molecule has 0 saturated carbocycles. The Morgan fingerprint density at radius 3 is 1.65 bits per heavy atom. The van der Waals surface area contributed by atoms with E-state index in [-0.39, 0.29) is 0 Å². The number of aliphatic hydroxyl groups excluding tert-OH is 11. The minimum absolute atomic E-state index is 0.634. The van der Waals surface area contributed by atoms with Crippen LogP contribution in [0.15, 0.2) is 0 Å². The van der Waals surface area contributed by atoms with E-state index < -0.39 is 112 Å². The van der Waals surface area contributed by atoms with E-state index in [9.17, 15) is 56.2 Å². The molecule has 0 unspecified atom stereocenters. The monoisotopic (exact) mass is 504 g/mol. The molecule has 0 amide bonds. The van der Waals surface area contributed by atoms with Crippen molar-refractivity contribution in [3.63, 3.8) is 0 Å². The Labute approximate surface area is 192 Å². The van der Waals surface area contributed by atoms with Crippen LogP contribution >= 0.6 is 0 Å². The van der Waals surface area contributed by atoms with Crippen LogP contribution in [-0.2, 0) is 23.7 Å². The zero-order valence-electron chi connectivity index (χ0n) is 17.8. The minimum Gasteiger partial charge on any atom is -0.394 e. The number of ether oxygens (including phenoxy) is 5. The number of hydrogen-bond acceptors (Lipinski definition) is 16. The second kappa shape index (κ2) is 11.2. The van der Waals surface area contributed by atoms with E-state index in [2.05, 4.69) is 0 Å². The maximum Gasteiger partial charge on any atom is 0.224 e. The molecule has 16 heteroatoms. The third kappa shape index (κ3) is 5.09. The van der Waals surface area contributed by atoms with E-state index in [1.54, 1.807) is 0 Å². The maximum absolute atomic E-state index is 10.3. The Bertz CT molecular complexity index is 653. The van der Waals surface area contributed by atoms with Gasteiger partial charge in [-0.25, -0.2) is 0 Å². The molecule has 0 spiro atoms. The SMILES string of the molecule is OC[C@H]1O[C@@H](OC[C@H]2O[C@@H](O[C@@]3(CO)O[C@H](CO)[C@@H](O)[C@@H]3O)[C@H](O)[C@@H](O)[C@@H]2O)[C@H](O)[C@@H](O)[C@H]1O. The van der Waals surface area contributed by atoms with Gasteiger partial charge < -0.3 is 79.9 Å². The highest BCUT2D eigenvalue weighted by molar-refractivity contribution is 4.98. The third-order valence-corrected chi connectivity index (χ3v) is 6.16. The summed E-state index contributed by atoms with van der Waals surface area (Å²) in [5.41, 5.74) is 0. The van der Waals surface area contributed by atoms with Crippen LogP contribution in [0.2, 0.25) is 0 Å². The second-order valence-corrected chi connectivity index (χ2v) is 8.41. The molecule has 3 saturated heterocycles. The molecule has 3 aliphatic rings. The number of hydrogen-bond donors (Lipinski definition) is 11. The van der Waals surface area contributed by atoms with Crippen molar-refractivity contribution < 1.29 is 79.9 Å². The lowest BCUT2D eigenvalue weighted by atomic mass is 9.98. The van der Waals surface area contributed by atoms with Crippen molar-refractivity contribution in [2.75, 3.05) is 26.4 Å². The zero-order chi connectivity index (χ0) is 25.4. The second-order valence-electron chi connectivity index (χ2n) is 8.41. The molecule has 3 aliphatic heterocycles. The van der Waals surface area contributed by atoms with Crippen molar-refractivity contribution in [3.05, 3.63) is 0 Å². The molecule has 0 aromatic rings. The summed E-state index contributed by atoms with van der Waals surface area (Å²) in [5, 5.41) is 109. The zero-order valence-corrected chi connectivity index (χ0v) is 17.8. The molecule has 0 radical (unpaired) electrons. The van der Waals surface area contributed by atoms with Crippen LogP contribution in [0.5, 0.6) is 0 Å². The van der Waals surface area contributed by atoms with Crippen molar-refractivity contribution >= 4 is 0 Å². The van der Waals surface area contributed by atoms with E-state index in [0.717, 1.165) is 0 Å². The summed E-state index contributed by atoms with van der Waals surface area (Å²) in [6.07, 6.45) is -21.8. The Kier molecular flexibility index (Phi) is 9.18. The van der Waals surface area contributed by atoms with E-state index >= 15 is 0 Å². The smallest absolute Gasteiger partial charge is 0.224 e. The van der Waals surface area contributed by atoms with E-state index in [1.165, 1.54) is 0 Å². The van der Waals surface area contributed by atoms with Gasteiger partial charge in [-0.15, -0.1) is 0 Å². The number of rotatable bonds is 8. The van der Waals surface area contributed by atoms with E-state index in [0.29, 0.717) is 0 Å². The molecule has 0 aromatic heterocycles. The van der Waals surface area contributed by atoms with Gasteiger partial charge >= 0.3 is 0 Å². The van der Waals surface area contributed by atoms with Gasteiger partial charge in [0.25, 0.3) is 0 Å². The average Bonchev–Trinajstić information content (AvgIpc) is 3.08. The van der Waals surface area contributed by atoms with Crippen LogP contribution in [0.3, 0.4) is 0 Å². The Balaban J connectivity index is 1.69. The topological polar surface area (TPSA) is 269 Å². The first-order valence-corrected chi connectivity index (χ1v) is 10.6. The van der Waals surface area contributed by atoms with Gasteiger partial charge in [-0.3, -0.25) is 0 Å². The van der Waals surface area contributed by atoms with Crippen LogP contribution in [0.1, 0.15) is 0 Å². The van der Waals surface area contributed by atoms with Crippen LogP contribution in [0, 0.1) is 0 Å². The molecule has 0 bridgehead atoms. The molecule has 200 valence electrons. The number of aliphatic hydroxyl groups is 11. The van der Waals surface area contributed by atoms with Crippen molar-refractivity contribution in [2.45, 2.75) is 85.5 Å². The van der Waals surface area contributed by atoms with Gasteiger partial charge in [0, 0.05) is 0 Å². The minimum atomic E-state index is -2.36. The van der Waals surface area contributed by atoms with Crippen LogP contribution in [-0.4, -0.2) is 168 Å². The molecule has 11 N–H and O–H groups in total. The summed E-state index contributed by atoms with van der Waals surface area (Å²) in [5.74, 6) is -2.36. The predicted octanol–water partition coefficient (Wildman–Crippen LogP) is -7.57.